The highest BCUT2D eigenvalue weighted by Crippen LogP contribution is 2.15. The van der Waals surface area contributed by atoms with Gasteiger partial charge in [-0.15, -0.1) is 0 Å². The highest BCUT2D eigenvalue weighted by atomic mass is 19.1. The smallest absolute Gasteiger partial charge is 0.338 e. The molecule has 0 aliphatic heterocycles. The fourth-order valence-electron chi connectivity index (χ4n) is 2.31. The number of amides is 1. The topological polar surface area (TPSA) is 93.2 Å². The Labute approximate surface area is 160 Å². The number of nitrogens with one attached hydrogen (secondary N) is 2. The van der Waals surface area contributed by atoms with Crippen molar-refractivity contribution in [2.24, 2.45) is 0 Å². The summed E-state index contributed by atoms with van der Waals surface area (Å²) in [4.78, 5) is 32.2. The molecule has 142 valence electrons. The van der Waals surface area contributed by atoms with Crippen molar-refractivity contribution in [3.05, 3.63) is 77.9 Å². The van der Waals surface area contributed by atoms with Gasteiger partial charge in [-0.25, -0.2) is 19.2 Å². The van der Waals surface area contributed by atoms with Crippen LogP contribution in [-0.4, -0.2) is 28.5 Å². The minimum absolute atomic E-state index is 0.143. The number of benzene rings is 2. The van der Waals surface area contributed by atoms with Gasteiger partial charge in [0.2, 0.25) is 5.95 Å². The number of esters is 1. The predicted octanol–water partition coefficient (Wildman–Crippen LogP) is 3.79. The van der Waals surface area contributed by atoms with Crippen LogP contribution in [0.2, 0.25) is 0 Å². The first kappa shape index (κ1) is 19.0. The Morgan fingerprint density at radius 3 is 2.36 bits per heavy atom. The molecule has 1 heterocycles. The highest BCUT2D eigenvalue weighted by molar-refractivity contribution is 6.03. The van der Waals surface area contributed by atoms with Crippen molar-refractivity contribution in [3.8, 4) is 0 Å². The van der Waals surface area contributed by atoms with Crippen molar-refractivity contribution in [3.63, 3.8) is 0 Å². The van der Waals surface area contributed by atoms with Crippen LogP contribution in [0, 0.1) is 5.82 Å². The minimum atomic E-state index is -0.449. The lowest BCUT2D eigenvalue weighted by atomic mass is 10.2. The molecule has 0 atom stereocenters. The summed E-state index contributed by atoms with van der Waals surface area (Å²) in [5.74, 6) is -1.02. The number of halogens is 1. The molecule has 8 heteroatoms. The Kier molecular flexibility index (Phi) is 5.91. The van der Waals surface area contributed by atoms with Crippen molar-refractivity contribution in [2.45, 2.75) is 6.92 Å². The minimum Gasteiger partial charge on any atom is -0.462 e. The zero-order chi connectivity index (χ0) is 19.9. The van der Waals surface area contributed by atoms with E-state index in [1.807, 2.05) is 0 Å². The normalized spacial score (nSPS) is 10.2. The molecule has 0 saturated carbocycles. The Bertz CT molecular complexity index is 976. The quantitative estimate of drug-likeness (QED) is 0.632. The number of hydrogen-bond acceptors (Lipinski definition) is 6. The molecule has 2 N–H and O–H groups in total. The SMILES string of the molecule is CCOC(=O)c1ccc(Nc2nccc(C(=O)Nc3ccc(F)cc3)n2)cc1. The second-order valence-corrected chi connectivity index (χ2v) is 5.65. The molecule has 1 aromatic heterocycles. The summed E-state index contributed by atoms with van der Waals surface area (Å²) >= 11 is 0. The van der Waals surface area contributed by atoms with Crippen molar-refractivity contribution >= 4 is 29.2 Å². The monoisotopic (exact) mass is 380 g/mol. The molecule has 3 aromatic rings. The number of nitrogens with zero attached hydrogens (tertiary/aromatic N) is 2. The highest BCUT2D eigenvalue weighted by Gasteiger charge is 2.10. The van der Waals surface area contributed by atoms with E-state index in [-0.39, 0.29) is 17.5 Å². The van der Waals surface area contributed by atoms with Crippen molar-refractivity contribution < 1.29 is 18.7 Å². The maximum Gasteiger partial charge on any atom is 0.338 e. The molecule has 0 unspecified atom stereocenters. The summed E-state index contributed by atoms with van der Waals surface area (Å²) in [6.45, 7) is 2.05. The standard InChI is InChI=1S/C20H17FN4O3/c1-2-28-19(27)13-3-7-16(8-4-13)24-20-22-12-11-17(25-20)18(26)23-15-9-5-14(21)6-10-15/h3-12H,2H2,1H3,(H,23,26)(H,22,24,25). The Balaban J connectivity index is 1.68. The average Bonchev–Trinajstić information content (AvgIpc) is 2.70. The van der Waals surface area contributed by atoms with E-state index in [4.69, 9.17) is 4.74 Å². The second kappa shape index (κ2) is 8.72. The van der Waals surface area contributed by atoms with Gasteiger partial charge >= 0.3 is 5.97 Å². The number of carbonyl (C=O) groups is 2. The molecule has 0 fully saturated rings. The molecule has 0 saturated heterocycles. The maximum atomic E-state index is 12.9. The molecule has 3 rings (SSSR count). The largest absolute Gasteiger partial charge is 0.462 e. The van der Waals surface area contributed by atoms with Gasteiger partial charge in [-0.3, -0.25) is 4.79 Å². The third-order valence-corrected chi connectivity index (χ3v) is 3.64. The zero-order valence-electron chi connectivity index (χ0n) is 15.0. The molecule has 28 heavy (non-hydrogen) atoms. The van der Waals surface area contributed by atoms with Gasteiger partial charge in [0.25, 0.3) is 5.91 Å². The predicted molar refractivity (Wildman–Crippen MR) is 102 cm³/mol. The zero-order valence-corrected chi connectivity index (χ0v) is 15.0. The van der Waals surface area contributed by atoms with Gasteiger partial charge in [-0.05, 0) is 61.5 Å². The summed E-state index contributed by atoms with van der Waals surface area (Å²) in [6.07, 6.45) is 1.45. The number of hydrogen-bond donors (Lipinski definition) is 2. The van der Waals surface area contributed by atoms with E-state index in [1.165, 1.54) is 36.5 Å². The lowest BCUT2D eigenvalue weighted by molar-refractivity contribution is 0.0526. The van der Waals surface area contributed by atoms with E-state index in [2.05, 4.69) is 20.6 Å². The van der Waals surface area contributed by atoms with Gasteiger partial charge in [-0.1, -0.05) is 0 Å². The summed E-state index contributed by atoms with van der Waals surface area (Å²) < 4.78 is 17.9. The molecule has 7 nitrogen and oxygen atoms in total. The lowest BCUT2D eigenvalue weighted by Gasteiger charge is -2.08. The molecule has 0 aliphatic carbocycles. The van der Waals surface area contributed by atoms with Crippen LogP contribution < -0.4 is 10.6 Å². The fraction of sp³-hybridized carbons (Fsp3) is 0.100. The van der Waals surface area contributed by atoms with Crippen LogP contribution in [-0.2, 0) is 4.74 Å². The van der Waals surface area contributed by atoms with E-state index < -0.39 is 11.9 Å². The number of anilines is 3. The van der Waals surface area contributed by atoms with Gasteiger partial charge < -0.3 is 15.4 Å². The third-order valence-electron chi connectivity index (χ3n) is 3.64. The first-order chi connectivity index (χ1) is 13.5. The summed E-state index contributed by atoms with van der Waals surface area (Å²) in [7, 11) is 0. The van der Waals surface area contributed by atoms with E-state index in [0.717, 1.165) is 0 Å². The van der Waals surface area contributed by atoms with Gasteiger partial charge in [-0.2, -0.15) is 0 Å². The Morgan fingerprint density at radius 1 is 1.00 bits per heavy atom. The average molecular weight is 380 g/mol. The van der Waals surface area contributed by atoms with E-state index in [0.29, 0.717) is 23.5 Å². The van der Waals surface area contributed by atoms with Crippen LogP contribution in [0.15, 0.2) is 60.8 Å². The number of ether oxygens (including phenoxy) is 1. The molecular formula is C20H17FN4O3. The van der Waals surface area contributed by atoms with Gasteiger partial charge in [0.15, 0.2) is 0 Å². The molecular weight excluding hydrogens is 363 g/mol. The third kappa shape index (κ3) is 4.88. The van der Waals surface area contributed by atoms with Crippen LogP contribution in [0.1, 0.15) is 27.8 Å². The van der Waals surface area contributed by atoms with Crippen LogP contribution in [0.25, 0.3) is 0 Å². The number of aromatic nitrogens is 2. The van der Waals surface area contributed by atoms with Gasteiger partial charge in [0.1, 0.15) is 11.5 Å². The molecule has 0 radical (unpaired) electrons. The van der Waals surface area contributed by atoms with Crippen molar-refractivity contribution in [2.75, 3.05) is 17.2 Å². The number of carbonyl (C=O) groups excluding carboxylic acids is 2. The van der Waals surface area contributed by atoms with Crippen molar-refractivity contribution in [1.29, 1.82) is 0 Å². The summed E-state index contributed by atoms with van der Waals surface area (Å²) in [6, 6.07) is 13.5. The Morgan fingerprint density at radius 2 is 1.68 bits per heavy atom. The number of rotatable bonds is 6. The molecule has 0 aliphatic rings. The molecule has 0 spiro atoms. The summed E-state index contributed by atoms with van der Waals surface area (Å²) in [5.41, 5.74) is 1.67. The first-order valence-corrected chi connectivity index (χ1v) is 8.49. The van der Waals surface area contributed by atoms with E-state index >= 15 is 0 Å². The second-order valence-electron chi connectivity index (χ2n) is 5.65. The Hall–Kier alpha value is -3.81. The maximum absolute atomic E-state index is 12.9. The van der Waals surface area contributed by atoms with Crippen LogP contribution in [0.5, 0.6) is 0 Å². The van der Waals surface area contributed by atoms with Crippen LogP contribution in [0.4, 0.5) is 21.7 Å². The fourth-order valence-corrected chi connectivity index (χ4v) is 2.31. The lowest BCUT2D eigenvalue weighted by Crippen LogP contribution is -2.14. The molecule has 1 amide bonds. The van der Waals surface area contributed by atoms with Gasteiger partial charge in [0, 0.05) is 17.6 Å². The van der Waals surface area contributed by atoms with Crippen LogP contribution in [0.3, 0.4) is 0 Å². The van der Waals surface area contributed by atoms with Gasteiger partial charge in [0.05, 0.1) is 12.2 Å². The first-order valence-electron chi connectivity index (χ1n) is 8.49. The molecule has 2 aromatic carbocycles. The van der Waals surface area contributed by atoms with E-state index in [9.17, 15) is 14.0 Å². The van der Waals surface area contributed by atoms with Crippen molar-refractivity contribution in [1.82, 2.24) is 9.97 Å². The summed E-state index contributed by atoms with van der Waals surface area (Å²) in [5, 5.41) is 5.60. The molecule has 0 bridgehead atoms. The van der Waals surface area contributed by atoms with Crippen LogP contribution >= 0.6 is 0 Å². The van der Waals surface area contributed by atoms with E-state index in [1.54, 1.807) is 31.2 Å².